The maximum Gasteiger partial charge on any atom is 0.258 e. The van der Waals surface area contributed by atoms with Gasteiger partial charge in [-0.1, -0.05) is 67.9 Å². The van der Waals surface area contributed by atoms with Gasteiger partial charge in [0.25, 0.3) is 5.91 Å². The second-order valence-corrected chi connectivity index (χ2v) is 8.40. The van der Waals surface area contributed by atoms with E-state index >= 15 is 0 Å². The van der Waals surface area contributed by atoms with Crippen LogP contribution in [0.15, 0.2) is 84.9 Å². The normalized spacial score (nSPS) is 17.5. The fraction of sp³-hybridized carbons (Fsp3) is 0.286. The Kier molecular flexibility index (Phi) is 6.69. The molecule has 164 valence electrons. The number of amides is 2. The van der Waals surface area contributed by atoms with Gasteiger partial charge < -0.3 is 9.80 Å². The maximum atomic E-state index is 13.4. The third-order valence-electron chi connectivity index (χ3n) is 6.16. The molecule has 0 saturated carbocycles. The van der Waals surface area contributed by atoms with Crippen LogP contribution in [0.25, 0.3) is 0 Å². The van der Waals surface area contributed by atoms with Gasteiger partial charge in [-0.25, -0.2) is 0 Å². The molecule has 0 aliphatic carbocycles. The molecule has 0 bridgehead atoms. The number of benzene rings is 3. The van der Waals surface area contributed by atoms with Crippen molar-refractivity contribution in [2.24, 2.45) is 0 Å². The van der Waals surface area contributed by atoms with Crippen LogP contribution in [0.4, 0.5) is 11.4 Å². The first-order valence-corrected chi connectivity index (χ1v) is 11.5. The highest BCUT2D eigenvalue weighted by molar-refractivity contribution is 6.07. The highest BCUT2D eigenvalue weighted by Gasteiger charge is 2.38. The number of para-hydroxylation sites is 2. The average molecular weight is 427 g/mol. The van der Waals surface area contributed by atoms with Crippen molar-refractivity contribution in [3.05, 3.63) is 96.1 Å². The van der Waals surface area contributed by atoms with Crippen molar-refractivity contribution in [1.82, 2.24) is 0 Å². The summed E-state index contributed by atoms with van der Waals surface area (Å²) >= 11 is 0. The van der Waals surface area contributed by atoms with Gasteiger partial charge >= 0.3 is 0 Å². The van der Waals surface area contributed by atoms with Crippen LogP contribution < -0.4 is 9.80 Å². The third-order valence-corrected chi connectivity index (χ3v) is 6.16. The Morgan fingerprint density at radius 1 is 0.906 bits per heavy atom. The van der Waals surface area contributed by atoms with Crippen LogP contribution in [0.1, 0.15) is 61.5 Å². The predicted octanol–water partition coefficient (Wildman–Crippen LogP) is 6.39. The molecule has 3 aromatic rings. The molecular weight excluding hydrogens is 396 g/mol. The second-order valence-electron chi connectivity index (χ2n) is 8.40. The Bertz CT molecular complexity index is 1070. The Balaban J connectivity index is 1.77. The van der Waals surface area contributed by atoms with E-state index in [4.69, 9.17) is 0 Å². The third kappa shape index (κ3) is 4.31. The molecule has 32 heavy (non-hydrogen) atoms. The number of nitrogens with zero attached hydrogens (tertiary/aromatic N) is 2. The number of rotatable bonds is 6. The summed E-state index contributed by atoms with van der Waals surface area (Å²) in [5.74, 6) is 0.125. The molecular formula is C28H30N2O2. The average Bonchev–Trinajstić information content (AvgIpc) is 2.84. The molecule has 1 aliphatic heterocycles. The number of unbranched alkanes of at least 4 members (excludes halogenated alkanes) is 1. The lowest BCUT2D eigenvalue weighted by Crippen LogP contribution is -2.47. The Hall–Kier alpha value is -3.40. The lowest BCUT2D eigenvalue weighted by molar-refractivity contribution is -0.119. The van der Waals surface area contributed by atoms with Crippen molar-refractivity contribution >= 4 is 23.2 Å². The minimum atomic E-state index is -0.118. The summed E-state index contributed by atoms with van der Waals surface area (Å²) in [6, 6.07) is 27.2. The van der Waals surface area contributed by atoms with Crippen LogP contribution in [0.5, 0.6) is 0 Å². The van der Waals surface area contributed by atoms with Crippen molar-refractivity contribution in [3.63, 3.8) is 0 Å². The quantitative estimate of drug-likeness (QED) is 0.458. The molecule has 2 amide bonds. The SMILES string of the molecule is CCCCC(=O)N(c1ccccc1)[C@@H]1C[C@H](C)N(C(=O)c2ccccc2)c2ccccc21. The summed E-state index contributed by atoms with van der Waals surface area (Å²) in [6.07, 6.45) is 3.05. The Morgan fingerprint density at radius 3 is 2.22 bits per heavy atom. The lowest BCUT2D eigenvalue weighted by atomic mass is 9.89. The minimum Gasteiger partial charge on any atom is -0.305 e. The molecule has 0 aromatic heterocycles. The van der Waals surface area contributed by atoms with Crippen molar-refractivity contribution in [2.45, 2.75) is 51.6 Å². The monoisotopic (exact) mass is 426 g/mol. The molecule has 3 aromatic carbocycles. The molecule has 4 rings (SSSR count). The van der Waals surface area contributed by atoms with Gasteiger partial charge in [-0.2, -0.15) is 0 Å². The summed E-state index contributed by atoms with van der Waals surface area (Å²) < 4.78 is 0. The van der Waals surface area contributed by atoms with E-state index in [1.165, 1.54) is 0 Å². The zero-order valence-corrected chi connectivity index (χ0v) is 18.8. The molecule has 4 nitrogen and oxygen atoms in total. The van der Waals surface area contributed by atoms with Gasteiger partial charge in [0.1, 0.15) is 0 Å². The zero-order valence-electron chi connectivity index (χ0n) is 18.8. The summed E-state index contributed by atoms with van der Waals surface area (Å²) in [6.45, 7) is 4.18. The van der Waals surface area contributed by atoms with E-state index in [-0.39, 0.29) is 23.9 Å². The van der Waals surface area contributed by atoms with Crippen molar-refractivity contribution in [3.8, 4) is 0 Å². The van der Waals surface area contributed by atoms with Gasteiger partial charge in [-0.05, 0) is 55.7 Å². The van der Waals surface area contributed by atoms with E-state index in [0.717, 1.165) is 29.8 Å². The number of anilines is 2. The summed E-state index contributed by atoms with van der Waals surface area (Å²) in [5.41, 5.74) is 3.48. The van der Waals surface area contributed by atoms with Gasteiger partial charge in [-0.15, -0.1) is 0 Å². The van der Waals surface area contributed by atoms with Crippen LogP contribution in [0.3, 0.4) is 0 Å². The van der Waals surface area contributed by atoms with E-state index in [1.807, 2.05) is 88.7 Å². The highest BCUT2D eigenvalue weighted by atomic mass is 16.2. The summed E-state index contributed by atoms with van der Waals surface area (Å²) in [4.78, 5) is 30.7. The molecule has 2 atom stereocenters. The zero-order chi connectivity index (χ0) is 22.5. The van der Waals surface area contributed by atoms with E-state index in [1.54, 1.807) is 0 Å². The van der Waals surface area contributed by atoms with E-state index < -0.39 is 0 Å². The molecule has 0 N–H and O–H groups in total. The van der Waals surface area contributed by atoms with Gasteiger partial charge in [0, 0.05) is 29.4 Å². The fourth-order valence-corrected chi connectivity index (χ4v) is 4.59. The molecule has 0 fully saturated rings. The van der Waals surface area contributed by atoms with Crippen LogP contribution in [-0.4, -0.2) is 17.9 Å². The highest BCUT2D eigenvalue weighted by Crippen LogP contribution is 2.43. The van der Waals surface area contributed by atoms with Crippen molar-refractivity contribution in [1.29, 1.82) is 0 Å². The summed E-state index contributed by atoms with van der Waals surface area (Å²) in [5, 5.41) is 0. The van der Waals surface area contributed by atoms with Gasteiger partial charge in [0.2, 0.25) is 5.91 Å². The van der Waals surface area contributed by atoms with E-state index in [9.17, 15) is 9.59 Å². The van der Waals surface area contributed by atoms with Crippen molar-refractivity contribution < 1.29 is 9.59 Å². The second kappa shape index (κ2) is 9.82. The van der Waals surface area contributed by atoms with Crippen LogP contribution >= 0.6 is 0 Å². The molecule has 0 spiro atoms. The molecule has 1 heterocycles. The van der Waals surface area contributed by atoms with Crippen molar-refractivity contribution in [2.75, 3.05) is 9.80 Å². The molecule has 4 heteroatoms. The standard InChI is InChI=1S/C28H30N2O2/c1-3-4-19-27(31)30(23-15-9-6-10-16-23)26-20-21(2)29(25-18-12-11-17-24(25)26)28(32)22-13-7-5-8-14-22/h5-18,21,26H,3-4,19-20H2,1-2H3/t21-,26+/m0/s1. The summed E-state index contributed by atoms with van der Waals surface area (Å²) in [7, 11) is 0. The Labute approximate surface area is 190 Å². The van der Waals surface area contributed by atoms with Crippen LogP contribution in [-0.2, 0) is 4.79 Å². The lowest BCUT2D eigenvalue weighted by Gasteiger charge is -2.43. The molecule has 1 aliphatic rings. The van der Waals surface area contributed by atoms with Crippen LogP contribution in [0.2, 0.25) is 0 Å². The fourth-order valence-electron chi connectivity index (χ4n) is 4.59. The number of carbonyl (C=O) groups excluding carboxylic acids is 2. The minimum absolute atomic E-state index is 0.00688. The topological polar surface area (TPSA) is 40.6 Å². The predicted molar refractivity (Wildman–Crippen MR) is 130 cm³/mol. The van der Waals surface area contributed by atoms with Crippen LogP contribution in [0, 0.1) is 0 Å². The maximum absolute atomic E-state index is 13.4. The molecule has 0 unspecified atom stereocenters. The molecule has 0 saturated heterocycles. The van der Waals surface area contributed by atoms with E-state index in [0.29, 0.717) is 18.4 Å². The first kappa shape index (κ1) is 21.8. The Morgan fingerprint density at radius 2 is 1.53 bits per heavy atom. The first-order valence-electron chi connectivity index (χ1n) is 11.5. The number of hydrogen-bond donors (Lipinski definition) is 0. The van der Waals surface area contributed by atoms with E-state index in [2.05, 4.69) is 19.9 Å². The number of fused-ring (bicyclic) bond motifs is 1. The van der Waals surface area contributed by atoms with Gasteiger partial charge in [-0.3, -0.25) is 9.59 Å². The number of carbonyl (C=O) groups is 2. The largest absolute Gasteiger partial charge is 0.305 e. The number of hydrogen-bond acceptors (Lipinski definition) is 2. The van der Waals surface area contributed by atoms with Gasteiger partial charge in [0.05, 0.1) is 6.04 Å². The van der Waals surface area contributed by atoms with Gasteiger partial charge in [0.15, 0.2) is 0 Å². The first-order chi connectivity index (χ1) is 15.6. The molecule has 0 radical (unpaired) electrons. The smallest absolute Gasteiger partial charge is 0.258 e.